The third kappa shape index (κ3) is 4.93. The maximum absolute atomic E-state index is 12.5. The van der Waals surface area contributed by atoms with E-state index in [2.05, 4.69) is 5.32 Å². The molecule has 2 aromatic rings. The summed E-state index contributed by atoms with van der Waals surface area (Å²) in [5, 5.41) is 3.39. The first-order chi connectivity index (χ1) is 13.0. The van der Waals surface area contributed by atoms with Gasteiger partial charge in [-0.2, -0.15) is 0 Å². The Bertz CT molecular complexity index is 913. The van der Waals surface area contributed by atoms with Crippen molar-refractivity contribution in [2.24, 2.45) is 0 Å². The zero-order valence-electron chi connectivity index (χ0n) is 13.9. The van der Waals surface area contributed by atoms with Crippen LogP contribution in [0.2, 0.25) is 10.0 Å². The maximum atomic E-state index is 12.5. The highest BCUT2D eigenvalue weighted by Gasteiger charge is 2.31. The molecule has 3 rings (SSSR count). The Morgan fingerprint density at radius 1 is 1.30 bits per heavy atom. The predicted octanol–water partition coefficient (Wildman–Crippen LogP) is 5.21. The summed E-state index contributed by atoms with van der Waals surface area (Å²) < 4.78 is 5.69. The summed E-state index contributed by atoms with van der Waals surface area (Å²) in [4.78, 5) is 26.6. The van der Waals surface area contributed by atoms with Crippen LogP contribution in [0.25, 0.3) is 6.08 Å². The highest BCUT2D eigenvalue weighted by atomic mass is 35.5. The highest BCUT2D eigenvalue weighted by Crippen LogP contribution is 2.33. The number of rotatable bonds is 6. The van der Waals surface area contributed by atoms with Crippen LogP contribution < -0.4 is 5.32 Å². The van der Waals surface area contributed by atoms with Crippen molar-refractivity contribution in [1.82, 2.24) is 4.90 Å². The van der Waals surface area contributed by atoms with Crippen LogP contribution in [0.1, 0.15) is 18.6 Å². The van der Waals surface area contributed by atoms with E-state index in [4.69, 9.17) is 39.8 Å². The molecule has 0 aliphatic carbocycles. The Morgan fingerprint density at radius 3 is 2.85 bits per heavy atom. The van der Waals surface area contributed by atoms with Crippen LogP contribution in [0.15, 0.2) is 45.9 Å². The average Bonchev–Trinajstić information content (AvgIpc) is 3.23. The molecule has 1 aromatic carbocycles. The fraction of sp³-hybridized carbons (Fsp3) is 0.167. The molecule has 1 aromatic heterocycles. The van der Waals surface area contributed by atoms with Crippen LogP contribution in [0, 0.1) is 0 Å². The summed E-state index contributed by atoms with van der Waals surface area (Å²) in [6, 6.07) is 8.53. The van der Waals surface area contributed by atoms with Gasteiger partial charge in [0.1, 0.15) is 10.1 Å². The van der Waals surface area contributed by atoms with Crippen molar-refractivity contribution >= 4 is 75.1 Å². The molecule has 1 N–H and O–H groups in total. The summed E-state index contributed by atoms with van der Waals surface area (Å²) in [5.74, 6) is 0.198. The van der Waals surface area contributed by atoms with Crippen LogP contribution in [-0.4, -0.2) is 27.6 Å². The second-order valence-corrected chi connectivity index (χ2v) is 8.06. The minimum Gasteiger partial charge on any atom is -0.465 e. The highest BCUT2D eigenvalue weighted by molar-refractivity contribution is 8.26. The minimum atomic E-state index is -0.212. The number of nitrogens with one attached hydrogen (secondary N) is 1. The molecule has 1 aliphatic heterocycles. The van der Waals surface area contributed by atoms with Crippen molar-refractivity contribution < 1.29 is 14.0 Å². The number of hydrogen-bond acceptors (Lipinski definition) is 5. The first-order valence-electron chi connectivity index (χ1n) is 7.98. The van der Waals surface area contributed by atoms with E-state index >= 15 is 0 Å². The van der Waals surface area contributed by atoms with Gasteiger partial charge in [0, 0.05) is 19.0 Å². The van der Waals surface area contributed by atoms with E-state index in [-0.39, 0.29) is 18.2 Å². The van der Waals surface area contributed by atoms with Crippen molar-refractivity contribution in [2.75, 3.05) is 11.9 Å². The standard InChI is InChI=1S/C18H14Cl2N2O3S2/c19-12-5-1-6-13(16(12)20)21-15(23)7-2-8-22-17(24)14(27-18(22)26)10-11-4-3-9-25-11/h1,3-6,9-10H,2,7-8H2,(H,21,23)/b14-10-. The molecule has 2 heterocycles. The van der Waals surface area contributed by atoms with E-state index < -0.39 is 0 Å². The van der Waals surface area contributed by atoms with E-state index in [9.17, 15) is 9.59 Å². The van der Waals surface area contributed by atoms with Gasteiger partial charge in [-0.1, -0.05) is 53.2 Å². The summed E-state index contributed by atoms with van der Waals surface area (Å²) in [6.45, 7) is 0.358. The first kappa shape index (κ1) is 19.9. The van der Waals surface area contributed by atoms with Crippen LogP contribution in [-0.2, 0) is 9.59 Å². The first-order valence-corrected chi connectivity index (χ1v) is 9.96. The van der Waals surface area contributed by atoms with E-state index in [0.717, 1.165) is 0 Å². The lowest BCUT2D eigenvalue weighted by Crippen LogP contribution is -2.29. The Balaban J connectivity index is 1.52. The third-order valence-corrected chi connectivity index (χ3v) is 5.90. The molecule has 9 heteroatoms. The fourth-order valence-corrected chi connectivity index (χ4v) is 4.04. The molecule has 0 atom stereocenters. The van der Waals surface area contributed by atoms with Crippen LogP contribution in [0.3, 0.4) is 0 Å². The summed E-state index contributed by atoms with van der Waals surface area (Å²) in [7, 11) is 0. The van der Waals surface area contributed by atoms with Gasteiger partial charge in [0.05, 0.1) is 26.9 Å². The van der Waals surface area contributed by atoms with Gasteiger partial charge in [-0.05, 0) is 30.7 Å². The Hall–Kier alpha value is -1.80. The number of hydrogen-bond donors (Lipinski definition) is 1. The molecule has 2 amide bonds. The molecular formula is C18H14Cl2N2O3S2. The average molecular weight is 441 g/mol. The van der Waals surface area contributed by atoms with Gasteiger partial charge in [-0.25, -0.2) is 0 Å². The smallest absolute Gasteiger partial charge is 0.266 e. The van der Waals surface area contributed by atoms with Crippen LogP contribution in [0.5, 0.6) is 0 Å². The van der Waals surface area contributed by atoms with E-state index in [1.54, 1.807) is 36.4 Å². The number of thioether (sulfide) groups is 1. The Morgan fingerprint density at radius 2 is 2.11 bits per heavy atom. The van der Waals surface area contributed by atoms with Gasteiger partial charge in [0.2, 0.25) is 5.91 Å². The molecule has 27 heavy (non-hydrogen) atoms. The predicted molar refractivity (Wildman–Crippen MR) is 113 cm³/mol. The molecule has 0 unspecified atom stereocenters. The number of halogens is 2. The molecule has 0 radical (unpaired) electrons. The monoisotopic (exact) mass is 440 g/mol. The molecular weight excluding hydrogens is 427 g/mol. The zero-order valence-corrected chi connectivity index (χ0v) is 17.1. The number of furan rings is 1. The Kier molecular flexibility index (Phi) is 6.59. The minimum absolute atomic E-state index is 0.181. The SMILES string of the molecule is O=C(CCCN1C(=O)/C(=C/c2ccco2)SC1=S)Nc1cccc(Cl)c1Cl. The Labute approximate surface area is 175 Å². The van der Waals surface area contributed by atoms with Gasteiger partial charge in [0.25, 0.3) is 5.91 Å². The van der Waals surface area contributed by atoms with Crippen LogP contribution in [0.4, 0.5) is 5.69 Å². The van der Waals surface area contributed by atoms with Crippen molar-refractivity contribution in [3.05, 3.63) is 57.3 Å². The topological polar surface area (TPSA) is 62.6 Å². The quantitative estimate of drug-likeness (QED) is 0.493. The third-order valence-electron chi connectivity index (χ3n) is 3.70. The van der Waals surface area contributed by atoms with E-state index in [1.165, 1.54) is 22.9 Å². The van der Waals surface area contributed by atoms with Gasteiger partial charge < -0.3 is 9.73 Å². The number of nitrogens with zero attached hydrogens (tertiary/aromatic N) is 1. The molecule has 5 nitrogen and oxygen atoms in total. The maximum Gasteiger partial charge on any atom is 0.266 e. The zero-order chi connectivity index (χ0) is 19.4. The number of anilines is 1. The summed E-state index contributed by atoms with van der Waals surface area (Å²) in [5.41, 5.74) is 0.459. The second-order valence-electron chi connectivity index (χ2n) is 5.60. The van der Waals surface area contributed by atoms with Crippen LogP contribution >= 0.6 is 47.2 Å². The van der Waals surface area contributed by atoms with Gasteiger partial charge in [0.15, 0.2) is 0 Å². The fourth-order valence-electron chi connectivity index (χ4n) is 2.41. The van der Waals surface area contributed by atoms with Gasteiger partial charge in [-0.3, -0.25) is 14.5 Å². The van der Waals surface area contributed by atoms with Crippen molar-refractivity contribution in [1.29, 1.82) is 0 Å². The number of thiocarbonyl (C=S) groups is 1. The number of carbonyl (C=O) groups is 2. The molecule has 140 valence electrons. The van der Waals surface area contributed by atoms with Gasteiger partial charge >= 0.3 is 0 Å². The lowest BCUT2D eigenvalue weighted by molar-refractivity contribution is -0.122. The number of amides is 2. The van der Waals surface area contributed by atoms with Crippen molar-refractivity contribution in [2.45, 2.75) is 12.8 Å². The van der Waals surface area contributed by atoms with E-state index in [1.807, 2.05) is 0 Å². The normalized spacial score (nSPS) is 15.6. The van der Waals surface area contributed by atoms with Crippen molar-refractivity contribution in [3.8, 4) is 0 Å². The van der Waals surface area contributed by atoms with Crippen molar-refractivity contribution in [3.63, 3.8) is 0 Å². The molecule has 0 spiro atoms. The molecule has 1 saturated heterocycles. The van der Waals surface area contributed by atoms with Gasteiger partial charge in [-0.15, -0.1) is 0 Å². The van der Waals surface area contributed by atoms with E-state index in [0.29, 0.717) is 43.7 Å². The lowest BCUT2D eigenvalue weighted by Gasteiger charge is -2.14. The number of carbonyl (C=O) groups excluding carboxylic acids is 2. The number of benzene rings is 1. The second kappa shape index (κ2) is 8.93. The molecule has 0 saturated carbocycles. The molecule has 1 fully saturated rings. The summed E-state index contributed by atoms with van der Waals surface area (Å²) >= 11 is 18.5. The molecule has 0 bridgehead atoms. The lowest BCUT2D eigenvalue weighted by atomic mass is 10.2. The molecule has 1 aliphatic rings. The largest absolute Gasteiger partial charge is 0.465 e. The summed E-state index contributed by atoms with van der Waals surface area (Å²) in [6.07, 6.45) is 3.88.